The van der Waals surface area contributed by atoms with E-state index in [1.165, 1.54) is 11.3 Å². The number of nitrogens with one attached hydrogen (secondary N) is 1. The summed E-state index contributed by atoms with van der Waals surface area (Å²) >= 11 is 1.29. The fourth-order valence-electron chi connectivity index (χ4n) is 3.26. The van der Waals surface area contributed by atoms with Gasteiger partial charge in [0.1, 0.15) is 5.67 Å². The quantitative estimate of drug-likeness (QED) is 0.807. The van der Waals surface area contributed by atoms with Gasteiger partial charge >= 0.3 is 6.18 Å². The molecule has 0 aromatic carbocycles. The summed E-state index contributed by atoms with van der Waals surface area (Å²) in [5, 5.41) is 3.49. The Hall–Kier alpha value is -0.860. The first-order valence-corrected chi connectivity index (χ1v) is 9.08. The van der Waals surface area contributed by atoms with E-state index in [1.54, 1.807) is 6.07 Å². The highest BCUT2D eigenvalue weighted by Gasteiger charge is 2.33. The molecule has 3 rings (SSSR count). The van der Waals surface area contributed by atoms with Gasteiger partial charge in [-0.15, -0.1) is 11.3 Å². The van der Waals surface area contributed by atoms with E-state index in [0.717, 1.165) is 36.5 Å². The van der Waals surface area contributed by atoms with E-state index in [4.69, 9.17) is 4.74 Å². The first-order valence-electron chi connectivity index (χ1n) is 8.26. The molecule has 3 heterocycles. The zero-order chi connectivity index (χ0) is 17.2. The van der Waals surface area contributed by atoms with E-state index in [9.17, 15) is 17.6 Å². The largest absolute Gasteiger partial charge is 0.475 e. The smallest absolute Gasteiger partial charge is 0.422 e. The lowest BCUT2D eigenvalue weighted by molar-refractivity contribution is -0.152. The van der Waals surface area contributed by atoms with Crippen LogP contribution in [0.5, 0.6) is 5.06 Å². The summed E-state index contributed by atoms with van der Waals surface area (Å²) in [5.74, 6) is 0. The fourth-order valence-corrected chi connectivity index (χ4v) is 4.27. The second kappa shape index (κ2) is 7.17. The van der Waals surface area contributed by atoms with E-state index in [-0.39, 0.29) is 0 Å². The van der Waals surface area contributed by atoms with Crippen molar-refractivity contribution in [1.29, 1.82) is 0 Å². The summed E-state index contributed by atoms with van der Waals surface area (Å²) in [6.45, 7) is 2.37. The van der Waals surface area contributed by atoms with Crippen molar-refractivity contribution >= 4 is 11.3 Å². The average Bonchev–Trinajstić information content (AvgIpc) is 2.93. The molecule has 0 atom stereocenters. The van der Waals surface area contributed by atoms with Crippen LogP contribution in [0.3, 0.4) is 0 Å². The van der Waals surface area contributed by atoms with Crippen LogP contribution < -0.4 is 10.1 Å². The van der Waals surface area contributed by atoms with Crippen LogP contribution in [0.2, 0.25) is 0 Å². The van der Waals surface area contributed by atoms with Gasteiger partial charge in [-0.2, -0.15) is 13.2 Å². The highest BCUT2D eigenvalue weighted by molar-refractivity contribution is 7.14. The predicted molar refractivity (Wildman–Crippen MR) is 85.4 cm³/mol. The number of alkyl halides is 4. The van der Waals surface area contributed by atoms with Gasteiger partial charge in [0.15, 0.2) is 11.7 Å². The summed E-state index contributed by atoms with van der Waals surface area (Å²) in [4.78, 5) is 3.27. The molecule has 1 N–H and O–H groups in total. The highest BCUT2D eigenvalue weighted by Crippen LogP contribution is 2.35. The van der Waals surface area contributed by atoms with Crippen molar-refractivity contribution < 1.29 is 22.3 Å². The molecule has 0 bridgehead atoms. The third-order valence-electron chi connectivity index (χ3n) is 4.68. The van der Waals surface area contributed by atoms with Gasteiger partial charge in [0, 0.05) is 24.5 Å². The van der Waals surface area contributed by atoms with Crippen LogP contribution in [-0.4, -0.2) is 49.5 Å². The minimum Gasteiger partial charge on any atom is -0.475 e. The van der Waals surface area contributed by atoms with Crippen LogP contribution in [0.25, 0.3) is 0 Å². The summed E-state index contributed by atoms with van der Waals surface area (Å²) in [6.07, 6.45) is -1.90. The van der Waals surface area contributed by atoms with Crippen molar-refractivity contribution in [2.45, 2.75) is 44.1 Å². The van der Waals surface area contributed by atoms with Crippen LogP contribution in [0.15, 0.2) is 6.07 Å². The van der Waals surface area contributed by atoms with E-state index in [1.807, 2.05) is 0 Å². The van der Waals surface area contributed by atoms with Crippen molar-refractivity contribution in [2.75, 3.05) is 32.8 Å². The van der Waals surface area contributed by atoms with Crippen LogP contribution in [-0.2, 0) is 13.0 Å². The van der Waals surface area contributed by atoms with E-state index in [2.05, 4.69) is 10.2 Å². The minimum atomic E-state index is -4.32. The molecule has 24 heavy (non-hydrogen) atoms. The summed E-state index contributed by atoms with van der Waals surface area (Å²) in [6, 6.07) is 1.70. The zero-order valence-corrected chi connectivity index (χ0v) is 14.2. The molecule has 0 amide bonds. The number of nitrogens with zero attached hydrogens (tertiary/aromatic N) is 1. The van der Waals surface area contributed by atoms with Crippen molar-refractivity contribution in [3.8, 4) is 5.06 Å². The second-order valence-electron chi connectivity index (χ2n) is 6.59. The molecule has 0 radical (unpaired) electrons. The third kappa shape index (κ3) is 4.83. The molecule has 0 aliphatic carbocycles. The van der Waals surface area contributed by atoms with Gasteiger partial charge in [0.05, 0.1) is 0 Å². The molecule has 0 unspecified atom stereocenters. The zero-order valence-electron chi connectivity index (χ0n) is 13.4. The Balaban J connectivity index is 1.51. The molecular weight excluding hydrogens is 344 g/mol. The van der Waals surface area contributed by atoms with Crippen molar-refractivity contribution in [1.82, 2.24) is 10.2 Å². The number of hydrogen-bond acceptors (Lipinski definition) is 4. The number of ether oxygens (including phenoxy) is 1. The monoisotopic (exact) mass is 366 g/mol. The van der Waals surface area contributed by atoms with Crippen molar-refractivity contribution in [2.24, 2.45) is 0 Å². The van der Waals surface area contributed by atoms with Crippen LogP contribution >= 0.6 is 11.3 Å². The maximum atomic E-state index is 14.6. The van der Waals surface area contributed by atoms with E-state index in [0.29, 0.717) is 37.4 Å². The Morgan fingerprint density at radius 2 is 2.04 bits per heavy atom. The Morgan fingerprint density at radius 3 is 2.75 bits per heavy atom. The van der Waals surface area contributed by atoms with Gasteiger partial charge in [-0.1, -0.05) is 0 Å². The molecule has 1 aromatic rings. The Labute approximate surface area is 143 Å². The molecule has 1 aromatic heterocycles. The Morgan fingerprint density at radius 1 is 1.29 bits per heavy atom. The number of thiophene rings is 1. The average molecular weight is 366 g/mol. The minimum absolute atomic E-state index is 0.319. The molecule has 3 nitrogen and oxygen atoms in total. The third-order valence-corrected chi connectivity index (χ3v) is 5.83. The molecule has 2 aliphatic rings. The predicted octanol–water partition coefficient (Wildman–Crippen LogP) is 3.53. The topological polar surface area (TPSA) is 24.5 Å². The standard InChI is InChI=1S/C16H22F4N2OS/c17-15(2-5-21-6-3-15)4-8-22-7-1-13-12(10-22)9-14(24-13)23-11-16(18,19)20/h9,21H,1-8,10-11H2. The molecule has 1 fully saturated rings. The number of fused-ring (bicyclic) bond motifs is 1. The summed E-state index contributed by atoms with van der Waals surface area (Å²) in [5.41, 5.74) is -0.0668. The van der Waals surface area contributed by atoms with Gasteiger partial charge < -0.3 is 10.1 Å². The molecule has 136 valence electrons. The normalized spacial score (nSPS) is 21.5. The maximum absolute atomic E-state index is 14.6. The van der Waals surface area contributed by atoms with Gasteiger partial charge in [-0.3, -0.25) is 4.90 Å². The first-order chi connectivity index (χ1) is 11.3. The lowest BCUT2D eigenvalue weighted by Gasteiger charge is -2.33. The summed E-state index contributed by atoms with van der Waals surface area (Å²) < 4.78 is 56.2. The van der Waals surface area contributed by atoms with E-state index >= 15 is 0 Å². The van der Waals surface area contributed by atoms with Crippen molar-refractivity contribution in [3.05, 3.63) is 16.5 Å². The molecule has 0 spiro atoms. The van der Waals surface area contributed by atoms with Gasteiger partial charge in [0.2, 0.25) is 0 Å². The van der Waals surface area contributed by atoms with Crippen molar-refractivity contribution in [3.63, 3.8) is 0 Å². The fraction of sp³-hybridized carbons (Fsp3) is 0.750. The Kier molecular flexibility index (Phi) is 5.36. The van der Waals surface area contributed by atoms with E-state index < -0.39 is 18.5 Å². The van der Waals surface area contributed by atoms with Crippen LogP contribution in [0.1, 0.15) is 29.7 Å². The molecule has 0 saturated carbocycles. The Bertz CT molecular complexity index is 555. The number of piperidine rings is 1. The molecular formula is C16H22F4N2OS. The molecule has 1 saturated heterocycles. The van der Waals surface area contributed by atoms with Gasteiger partial charge in [-0.05, 0) is 50.4 Å². The van der Waals surface area contributed by atoms with Crippen LogP contribution in [0, 0.1) is 0 Å². The lowest BCUT2D eigenvalue weighted by atomic mass is 9.90. The molecule has 2 aliphatic heterocycles. The SMILES string of the molecule is FC(F)(F)COc1cc2c(s1)CCN(CCC1(F)CCNCC1)C2. The molecule has 8 heteroatoms. The summed E-state index contributed by atoms with van der Waals surface area (Å²) in [7, 11) is 0. The second-order valence-corrected chi connectivity index (χ2v) is 7.69. The maximum Gasteiger partial charge on any atom is 0.422 e. The van der Waals surface area contributed by atoms with Gasteiger partial charge in [0.25, 0.3) is 0 Å². The highest BCUT2D eigenvalue weighted by atomic mass is 32.1. The number of halogens is 4. The number of hydrogen-bond donors (Lipinski definition) is 1. The van der Waals surface area contributed by atoms with Crippen LogP contribution in [0.4, 0.5) is 17.6 Å². The first kappa shape index (κ1) is 17.9. The van der Waals surface area contributed by atoms with Gasteiger partial charge in [-0.25, -0.2) is 4.39 Å². The number of rotatable bonds is 5. The lowest BCUT2D eigenvalue weighted by Crippen LogP contribution is -2.41.